The number of aromatic nitrogens is 3. The Balaban J connectivity index is 1.78. The zero-order valence-electron chi connectivity index (χ0n) is 15.5. The number of amides is 1. The van der Waals surface area contributed by atoms with Crippen LogP contribution < -0.4 is 0 Å². The quantitative estimate of drug-likeness (QED) is 0.522. The maximum atomic E-state index is 12.8. The minimum Gasteiger partial charge on any atom is -0.335 e. The lowest BCUT2D eigenvalue weighted by molar-refractivity contribution is -0.384. The number of hydrogen-bond acceptors (Lipinski definition) is 7. The Hall–Kier alpha value is -2.86. The number of nitrogens with zero attached hydrogens (tertiary/aromatic N) is 6. The fourth-order valence-corrected chi connectivity index (χ4v) is 4.10. The van der Waals surface area contributed by atoms with Gasteiger partial charge >= 0.3 is 0 Å². The number of rotatable bonds is 5. The summed E-state index contributed by atoms with van der Waals surface area (Å²) < 4.78 is 26.6. The van der Waals surface area contributed by atoms with Crippen molar-refractivity contribution in [2.45, 2.75) is 13.8 Å². The number of carbonyl (C=O) groups is 1. The van der Waals surface area contributed by atoms with Gasteiger partial charge in [-0.25, -0.2) is 13.1 Å². The van der Waals surface area contributed by atoms with E-state index >= 15 is 0 Å². The van der Waals surface area contributed by atoms with Gasteiger partial charge in [0.05, 0.1) is 22.1 Å². The van der Waals surface area contributed by atoms with Gasteiger partial charge in [0.25, 0.3) is 11.6 Å². The second-order valence-electron chi connectivity index (χ2n) is 6.30. The Labute approximate surface area is 161 Å². The predicted octanol–water partition coefficient (Wildman–Crippen LogP) is 0.591. The number of non-ortho nitro benzene ring substituents is 1. The number of nitro benzene ring substituents is 1. The Morgan fingerprint density at radius 1 is 1.25 bits per heavy atom. The molecule has 0 N–H and O–H groups in total. The third-order valence-electron chi connectivity index (χ3n) is 4.67. The average molecular weight is 408 g/mol. The number of hydrogen-bond donors (Lipinski definition) is 0. The lowest BCUT2D eigenvalue weighted by Crippen LogP contribution is -2.51. The summed E-state index contributed by atoms with van der Waals surface area (Å²) in [5, 5.41) is 18.9. The molecule has 1 aromatic heterocycles. The van der Waals surface area contributed by atoms with Crippen molar-refractivity contribution in [2.24, 2.45) is 0 Å². The zero-order chi connectivity index (χ0) is 20.5. The van der Waals surface area contributed by atoms with Gasteiger partial charge in [-0.1, -0.05) is 11.3 Å². The molecular formula is C16H20N6O5S. The summed E-state index contributed by atoms with van der Waals surface area (Å²) in [6, 6.07) is 5.89. The van der Waals surface area contributed by atoms with Crippen LogP contribution in [0.4, 0.5) is 5.69 Å². The number of sulfonamides is 1. The van der Waals surface area contributed by atoms with E-state index in [0.717, 1.165) is 0 Å². The van der Waals surface area contributed by atoms with Crippen molar-refractivity contribution in [3.05, 3.63) is 45.8 Å². The van der Waals surface area contributed by atoms with Crippen molar-refractivity contribution in [1.82, 2.24) is 24.2 Å². The van der Waals surface area contributed by atoms with E-state index in [2.05, 4.69) is 10.3 Å². The van der Waals surface area contributed by atoms with Gasteiger partial charge in [0.1, 0.15) is 0 Å². The summed E-state index contributed by atoms with van der Waals surface area (Å²) in [6.07, 6.45) is 0. The molecule has 0 radical (unpaired) electrons. The molecule has 11 nitrogen and oxygen atoms in total. The SMILES string of the molecule is CCS(=O)(=O)N1CCN(C(=O)c2nnn(-c3cccc([N+](=O)[O-])c3)c2C)CC1. The van der Waals surface area contributed by atoms with Crippen LogP contribution in [0.1, 0.15) is 23.1 Å². The van der Waals surface area contributed by atoms with Crippen LogP contribution in [-0.2, 0) is 10.0 Å². The second kappa shape index (κ2) is 7.64. The van der Waals surface area contributed by atoms with Crippen LogP contribution >= 0.6 is 0 Å². The molecule has 0 spiro atoms. The molecule has 1 amide bonds. The molecule has 2 aromatic rings. The van der Waals surface area contributed by atoms with Gasteiger partial charge in [-0.15, -0.1) is 5.10 Å². The van der Waals surface area contributed by atoms with Crippen LogP contribution in [0.5, 0.6) is 0 Å². The largest absolute Gasteiger partial charge is 0.335 e. The minimum atomic E-state index is -3.28. The Kier molecular flexibility index (Phi) is 5.42. The fourth-order valence-electron chi connectivity index (χ4n) is 3.01. The van der Waals surface area contributed by atoms with Crippen LogP contribution in [0.2, 0.25) is 0 Å². The van der Waals surface area contributed by atoms with Gasteiger partial charge in [0.15, 0.2) is 5.69 Å². The molecule has 28 heavy (non-hydrogen) atoms. The fraction of sp³-hybridized carbons (Fsp3) is 0.438. The molecule has 0 saturated carbocycles. The number of piperazine rings is 1. The van der Waals surface area contributed by atoms with Gasteiger partial charge in [-0.05, 0) is 19.9 Å². The molecule has 12 heteroatoms. The average Bonchev–Trinajstić information content (AvgIpc) is 3.09. The first-order valence-corrected chi connectivity index (χ1v) is 10.3. The molecule has 1 aromatic carbocycles. The third kappa shape index (κ3) is 3.73. The van der Waals surface area contributed by atoms with Crippen molar-refractivity contribution in [2.75, 3.05) is 31.9 Å². The summed E-state index contributed by atoms with van der Waals surface area (Å²) in [4.78, 5) is 24.8. The first-order valence-electron chi connectivity index (χ1n) is 8.69. The molecule has 0 aliphatic carbocycles. The molecule has 0 unspecified atom stereocenters. The molecule has 1 fully saturated rings. The summed E-state index contributed by atoms with van der Waals surface area (Å²) in [6.45, 7) is 4.24. The Morgan fingerprint density at radius 2 is 1.93 bits per heavy atom. The minimum absolute atomic E-state index is 0.0254. The van der Waals surface area contributed by atoms with E-state index in [4.69, 9.17) is 0 Å². The highest BCUT2D eigenvalue weighted by atomic mass is 32.2. The van der Waals surface area contributed by atoms with E-state index in [1.165, 1.54) is 32.1 Å². The zero-order valence-corrected chi connectivity index (χ0v) is 16.3. The van der Waals surface area contributed by atoms with Crippen molar-refractivity contribution in [3.63, 3.8) is 0 Å². The van der Waals surface area contributed by atoms with Crippen LogP contribution in [0, 0.1) is 17.0 Å². The van der Waals surface area contributed by atoms with Gasteiger partial charge < -0.3 is 4.90 Å². The molecule has 0 atom stereocenters. The molecule has 0 bridgehead atoms. The van der Waals surface area contributed by atoms with Gasteiger partial charge in [0, 0.05) is 38.3 Å². The highest BCUT2D eigenvalue weighted by Gasteiger charge is 2.30. The Bertz CT molecular complexity index is 1010. The second-order valence-corrected chi connectivity index (χ2v) is 8.56. The van der Waals surface area contributed by atoms with Gasteiger partial charge in [-0.2, -0.15) is 4.31 Å². The molecular weight excluding hydrogens is 388 g/mol. The maximum absolute atomic E-state index is 12.8. The van der Waals surface area contributed by atoms with E-state index in [9.17, 15) is 23.3 Å². The van der Waals surface area contributed by atoms with Crippen molar-refractivity contribution in [1.29, 1.82) is 0 Å². The first kappa shape index (κ1) is 19.9. The molecule has 1 aliphatic heterocycles. The topological polar surface area (TPSA) is 132 Å². The monoisotopic (exact) mass is 408 g/mol. The van der Waals surface area contributed by atoms with E-state index < -0.39 is 14.9 Å². The Morgan fingerprint density at radius 3 is 2.54 bits per heavy atom. The van der Waals surface area contributed by atoms with E-state index in [0.29, 0.717) is 11.4 Å². The number of benzene rings is 1. The van der Waals surface area contributed by atoms with Crippen LogP contribution in [0.25, 0.3) is 5.69 Å². The van der Waals surface area contributed by atoms with Crippen LogP contribution in [0.15, 0.2) is 24.3 Å². The lowest BCUT2D eigenvalue weighted by Gasteiger charge is -2.33. The summed E-state index contributed by atoms with van der Waals surface area (Å²) >= 11 is 0. The number of carbonyl (C=O) groups excluding carboxylic acids is 1. The molecule has 150 valence electrons. The summed E-state index contributed by atoms with van der Waals surface area (Å²) in [5.74, 6) is -0.319. The number of nitro groups is 1. The molecule has 3 rings (SSSR count). The van der Waals surface area contributed by atoms with Crippen LogP contribution in [0.3, 0.4) is 0 Å². The molecule has 2 heterocycles. The lowest BCUT2D eigenvalue weighted by atomic mass is 10.2. The van der Waals surface area contributed by atoms with E-state index in [1.807, 2.05) is 0 Å². The maximum Gasteiger partial charge on any atom is 0.276 e. The predicted molar refractivity (Wildman–Crippen MR) is 99.7 cm³/mol. The standard InChI is InChI=1S/C16H20N6O5S/c1-3-28(26,27)20-9-7-19(8-10-20)16(23)15-12(2)21(18-17-15)13-5-4-6-14(11-13)22(24)25/h4-6,11H,3,7-10H2,1-2H3. The molecule has 1 saturated heterocycles. The molecule has 1 aliphatic rings. The van der Waals surface area contributed by atoms with Crippen molar-refractivity contribution >= 4 is 21.6 Å². The van der Waals surface area contributed by atoms with Crippen molar-refractivity contribution in [3.8, 4) is 5.69 Å². The first-order chi connectivity index (χ1) is 13.2. The normalized spacial score (nSPS) is 15.6. The third-order valence-corrected chi connectivity index (χ3v) is 6.55. The van der Waals surface area contributed by atoms with Gasteiger partial charge in [-0.3, -0.25) is 14.9 Å². The summed E-state index contributed by atoms with van der Waals surface area (Å²) in [5.41, 5.74) is 0.929. The van der Waals surface area contributed by atoms with Crippen molar-refractivity contribution < 1.29 is 18.1 Å². The van der Waals surface area contributed by atoms with E-state index in [-0.39, 0.29) is 49.2 Å². The summed E-state index contributed by atoms with van der Waals surface area (Å²) in [7, 11) is -3.28. The highest BCUT2D eigenvalue weighted by Crippen LogP contribution is 2.19. The van der Waals surface area contributed by atoms with Gasteiger partial charge in [0.2, 0.25) is 10.0 Å². The highest BCUT2D eigenvalue weighted by molar-refractivity contribution is 7.89. The van der Waals surface area contributed by atoms with E-state index in [1.54, 1.807) is 19.9 Å². The smallest absolute Gasteiger partial charge is 0.276 e. The van der Waals surface area contributed by atoms with Crippen LogP contribution in [-0.4, -0.2) is 75.4 Å².